The smallest absolute Gasteiger partial charge is 0.259 e. The summed E-state index contributed by atoms with van der Waals surface area (Å²) in [6.45, 7) is 5.61. The molecule has 3 aliphatic heterocycles. The number of aromatic nitrogens is 1. The maximum Gasteiger partial charge on any atom is 0.259 e. The summed E-state index contributed by atoms with van der Waals surface area (Å²) in [5, 5.41) is 3.03. The van der Waals surface area contributed by atoms with Crippen LogP contribution < -0.4 is 10.2 Å². The zero-order chi connectivity index (χ0) is 22.0. The van der Waals surface area contributed by atoms with Crippen LogP contribution in [0, 0.1) is 0 Å². The van der Waals surface area contributed by atoms with Crippen LogP contribution in [0.3, 0.4) is 0 Å². The normalized spacial score (nSPS) is 25.1. The summed E-state index contributed by atoms with van der Waals surface area (Å²) in [4.78, 5) is 34.2. The minimum absolute atomic E-state index is 0.0790. The molecule has 1 aromatic carbocycles. The van der Waals surface area contributed by atoms with Crippen LogP contribution in [0.15, 0.2) is 48.8 Å². The Kier molecular flexibility index (Phi) is 5.91. The van der Waals surface area contributed by atoms with Crippen LogP contribution in [0.5, 0.6) is 0 Å². The second-order valence-corrected chi connectivity index (χ2v) is 8.68. The summed E-state index contributed by atoms with van der Waals surface area (Å²) in [6.07, 6.45) is 3.29. The molecular weight excluding hydrogens is 408 g/mol. The van der Waals surface area contributed by atoms with E-state index in [1.165, 1.54) is 0 Å². The van der Waals surface area contributed by atoms with Gasteiger partial charge in [-0.3, -0.25) is 19.5 Å². The number of amides is 2. The molecule has 2 fully saturated rings. The molecule has 2 amide bonds. The molecule has 1 aromatic heterocycles. The van der Waals surface area contributed by atoms with Crippen molar-refractivity contribution >= 4 is 17.5 Å². The fourth-order valence-electron chi connectivity index (χ4n) is 4.93. The molecule has 0 radical (unpaired) electrons. The Morgan fingerprint density at radius 2 is 2.00 bits per heavy atom. The zero-order valence-electron chi connectivity index (χ0n) is 18.0. The van der Waals surface area contributed by atoms with Crippen molar-refractivity contribution in [1.82, 2.24) is 15.2 Å². The number of pyridine rings is 1. The second-order valence-electron chi connectivity index (χ2n) is 8.68. The predicted molar refractivity (Wildman–Crippen MR) is 119 cm³/mol. The molecule has 1 spiro atoms. The Balaban J connectivity index is 1.26. The topological polar surface area (TPSA) is 84.0 Å². The number of hydrogen-bond donors (Lipinski definition) is 1. The van der Waals surface area contributed by atoms with Crippen molar-refractivity contribution in [3.63, 3.8) is 0 Å². The zero-order valence-corrected chi connectivity index (χ0v) is 18.0. The minimum Gasteiger partial charge on any atom is -0.379 e. The van der Waals surface area contributed by atoms with Gasteiger partial charge in [-0.05, 0) is 30.2 Å². The lowest BCUT2D eigenvalue weighted by atomic mass is 9.80. The van der Waals surface area contributed by atoms with Crippen molar-refractivity contribution < 1.29 is 19.1 Å². The lowest BCUT2D eigenvalue weighted by molar-refractivity contribution is -0.130. The molecular formula is C24H28N4O4. The average molecular weight is 437 g/mol. The first-order valence-corrected chi connectivity index (χ1v) is 11.2. The standard InChI is InChI=1S/C24H28N4O4/c29-22(26-8-9-27-10-12-31-13-11-27)21-14-24(17-32-21)16-28(20-6-2-1-5-19(20)24)23(30)18-4-3-7-25-15-18/h1-7,15,21H,8-14,16-17H2,(H,26,29). The van der Waals surface area contributed by atoms with Crippen LogP contribution in [0.1, 0.15) is 22.3 Å². The van der Waals surface area contributed by atoms with Crippen molar-refractivity contribution in [3.8, 4) is 0 Å². The molecule has 2 saturated heterocycles. The summed E-state index contributed by atoms with van der Waals surface area (Å²) in [5.74, 6) is -0.162. The molecule has 5 rings (SSSR count). The van der Waals surface area contributed by atoms with Gasteiger partial charge in [-0.25, -0.2) is 0 Å². The van der Waals surface area contributed by atoms with Gasteiger partial charge in [-0.15, -0.1) is 0 Å². The van der Waals surface area contributed by atoms with Crippen LogP contribution in [0.2, 0.25) is 0 Å². The molecule has 1 N–H and O–H groups in total. The number of para-hydroxylation sites is 1. The van der Waals surface area contributed by atoms with Crippen molar-refractivity contribution in [3.05, 3.63) is 59.9 Å². The molecule has 2 atom stereocenters. The van der Waals surface area contributed by atoms with E-state index in [4.69, 9.17) is 9.47 Å². The third kappa shape index (κ3) is 4.01. The van der Waals surface area contributed by atoms with Crippen molar-refractivity contribution in [1.29, 1.82) is 0 Å². The van der Waals surface area contributed by atoms with Gasteiger partial charge in [0.05, 0.1) is 25.4 Å². The van der Waals surface area contributed by atoms with Gasteiger partial charge < -0.3 is 19.7 Å². The number of anilines is 1. The number of benzene rings is 1. The number of carbonyl (C=O) groups excluding carboxylic acids is 2. The van der Waals surface area contributed by atoms with Crippen molar-refractivity contribution in [2.75, 3.05) is 57.4 Å². The third-order valence-corrected chi connectivity index (χ3v) is 6.64. The van der Waals surface area contributed by atoms with Crippen LogP contribution in [-0.2, 0) is 19.7 Å². The SMILES string of the molecule is O=C(NCCN1CCOCC1)C1CC2(CO1)CN(C(=O)c1cccnc1)c1ccccc12. The predicted octanol–water partition coefficient (Wildman–Crippen LogP) is 1.22. The first kappa shape index (κ1) is 21.1. The van der Waals surface area contributed by atoms with Crippen molar-refractivity contribution in [2.45, 2.75) is 17.9 Å². The van der Waals surface area contributed by atoms with E-state index in [9.17, 15) is 9.59 Å². The number of ether oxygens (including phenoxy) is 2. The molecule has 2 unspecified atom stereocenters. The molecule has 32 heavy (non-hydrogen) atoms. The summed E-state index contributed by atoms with van der Waals surface area (Å²) in [5.41, 5.74) is 2.13. The van der Waals surface area contributed by atoms with E-state index in [1.807, 2.05) is 24.3 Å². The monoisotopic (exact) mass is 436 g/mol. The fraction of sp³-hybridized carbons (Fsp3) is 0.458. The molecule has 8 nitrogen and oxygen atoms in total. The van der Waals surface area contributed by atoms with E-state index >= 15 is 0 Å². The number of morpholine rings is 1. The van der Waals surface area contributed by atoms with Crippen molar-refractivity contribution in [2.24, 2.45) is 0 Å². The van der Waals surface area contributed by atoms with Gasteiger partial charge in [0.25, 0.3) is 5.91 Å². The van der Waals surface area contributed by atoms with E-state index in [2.05, 4.69) is 15.2 Å². The summed E-state index contributed by atoms with van der Waals surface area (Å²) < 4.78 is 11.4. The Morgan fingerprint density at radius 3 is 2.81 bits per heavy atom. The fourth-order valence-corrected chi connectivity index (χ4v) is 4.93. The van der Waals surface area contributed by atoms with Gasteiger partial charge in [0.2, 0.25) is 5.91 Å². The number of carbonyl (C=O) groups is 2. The van der Waals surface area contributed by atoms with Gasteiger partial charge in [0, 0.05) is 56.2 Å². The molecule has 168 valence electrons. The van der Waals surface area contributed by atoms with Gasteiger partial charge in [-0.2, -0.15) is 0 Å². The molecule has 0 saturated carbocycles. The largest absolute Gasteiger partial charge is 0.379 e. The van der Waals surface area contributed by atoms with E-state index in [0.29, 0.717) is 31.7 Å². The highest BCUT2D eigenvalue weighted by molar-refractivity contribution is 6.07. The van der Waals surface area contributed by atoms with Crippen LogP contribution in [-0.4, -0.2) is 80.3 Å². The lowest BCUT2D eigenvalue weighted by Gasteiger charge is -2.26. The van der Waals surface area contributed by atoms with E-state index in [-0.39, 0.29) is 17.2 Å². The first-order chi connectivity index (χ1) is 15.7. The molecule has 2 aromatic rings. The Labute approximate surface area is 187 Å². The third-order valence-electron chi connectivity index (χ3n) is 6.64. The number of hydrogen-bond acceptors (Lipinski definition) is 6. The average Bonchev–Trinajstić information content (AvgIpc) is 3.42. The first-order valence-electron chi connectivity index (χ1n) is 11.2. The van der Waals surface area contributed by atoms with Gasteiger partial charge >= 0.3 is 0 Å². The highest BCUT2D eigenvalue weighted by atomic mass is 16.5. The quantitative estimate of drug-likeness (QED) is 0.759. The van der Waals surface area contributed by atoms with Crippen LogP contribution in [0.25, 0.3) is 0 Å². The summed E-state index contributed by atoms with van der Waals surface area (Å²) >= 11 is 0. The van der Waals surface area contributed by atoms with Gasteiger partial charge in [0.15, 0.2) is 0 Å². The van der Waals surface area contributed by atoms with Crippen LogP contribution in [0.4, 0.5) is 5.69 Å². The van der Waals surface area contributed by atoms with E-state index < -0.39 is 6.10 Å². The maximum atomic E-state index is 13.2. The maximum absolute atomic E-state index is 13.2. The minimum atomic E-state index is -0.513. The highest BCUT2D eigenvalue weighted by Crippen LogP contribution is 2.47. The number of nitrogens with zero attached hydrogens (tertiary/aromatic N) is 3. The van der Waals surface area contributed by atoms with E-state index in [0.717, 1.165) is 44.1 Å². The molecule has 8 heteroatoms. The summed E-state index contributed by atoms with van der Waals surface area (Å²) in [6, 6.07) is 11.5. The summed E-state index contributed by atoms with van der Waals surface area (Å²) in [7, 11) is 0. The molecule has 3 aliphatic rings. The number of rotatable bonds is 5. The molecule has 0 aliphatic carbocycles. The Bertz CT molecular complexity index is 979. The number of fused-ring (bicyclic) bond motifs is 2. The molecule has 0 bridgehead atoms. The van der Waals surface area contributed by atoms with Crippen LogP contribution >= 0.6 is 0 Å². The van der Waals surface area contributed by atoms with E-state index in [1.54, 1.807) is 29.4 Å². The highest BCUT2D eigenvalue weighted by Gasteiger charge is 2.51. The Morgan fingerprint density at radius 1 is 1.16 bits per heavy atom. The van der Waals surface area contributed by atoms with Gasteiger partial charge in [-0.1, -0.05) is 18.2 Å². The Hall–Kier alpha value is -2.81. The van der Waals surface area contributed by atoms with Gasteiger partial charge in [0.1, 0.15) is 6.10 Å². The second kappa shape index (κ2) is 8.97. The molecule has 4 heterocycles. The number of nitrogens with one attached hydrogen (secondary N) is 1. The lowest BCUT2D eigenvalue weighted by Crippen LogP contribution is -2.43.